The molecule has 3 rings (SSSR count). The highest BCUT2D eigenvalue weighted by Crippen LogP contribution is 2.31. The van der Waals surface area contributed by atoms with Crippen LogP contribution in [0.2, 0.25) is 0 Å². The van der Waals surface area contributed by atoms with Gasteiger partial charge in [0.25, 0.3) is 0 Å². The Balaban J connectivity index is 1.84. The number of halogens is 2. The van der Waals surface area contributed by atoms with E-state index in [2.05, 4.69) is 26.1 Å². The van der Waals surface area contributed by atoms with E-state index in [1.807, 2.05) is 0 Å². The molecule has 0 bridgehead atoms. The molecule has 1 aromatic carbocycles. The molecule has 0 saturated heterocycles. The summed E-state index contributed by atoms with van der Waals surface area (Å²) in [7, 11) is 0. The Morgan fingerprint density at radius 1 is 1.15 bits per heavy atom. The number of nitro groups is 1. The molecule has 3 N–H and O–H groups in total. The molecule has 0 atom stereocenters. The van der Waals surface area contributed by atoms with Crippen molar-refractivity contribution in [1.82, 2.24) is 15.4 Å². The van der Waals surface area contributed by atoms with E-state index in [-0.39, 0.29) is 23.1 Å². The van der Waals surface area contributed by atoms with Crippen LogP contribution in [-0.2, 0) is 0 Å². The van der Waals surface area contributed by atoms with E-state index in [1.54, 1.807) is 0 Å². The van der Waals surface area contributed by atoms with Crippen LogP contribution in [0.4, 0.5) is 31.8 Å². The fourth-order valence-electron chi connectivity index (χ4n) is 2.03. The Bertz CT molecular complexity index is 996. The lowest BCUT2D eigenvalue weighted by Crippen LogP contribution is -2.30. The zero-order valence-corrected chi connectivity index (χ0v) is 13.3. The maximum Gasteiger partial charge on any atom is 0.355 e. The van der Waals surface area contributed by atoms with Crippen LogP contribution in [0.3, 0.4) is 0 Å². The maximum absolute atomic E-state index is 13.3. The van der Waals surface area contributed by atoms with Crippen molar-refractivity contribution in [3.8, 4) is 0 Å². The predicted octanol–water partition coefficient (Wildman–Crippen LogP) is 2.76. The van der Waals surface area contributed by atoms with Crippen LogP contribution in [0.15, 0.2) is 47.3 Å². The summed E-state index contributed by atoms with van der Waals surface area (Å²) in [5.41, 5.74) is 3.90. The summed E-state index contributed by atoms with van der Waals surface area (Å²) in [5.74, 6) is -3.56. The Labute approximate surface area is 149 Å². The predicted molar refractivity (Wildman–Crippen MR) is 88.1 cm³/mol. The second-order valence-electron chi connectivity index (χ2n) is 4.99. The summed E-state index contributed by atoms with van der Waals surface area (Å²) in [6, 6.07) is 5.73. The third-order valence-corrected chi connectivity index (χ3v) is 3.23. The van der Waals surface area contributed by atoms with Crippen molar-refractivity contribution in [3.63, 3.8) is 0 Å². The number of carbonyl (C=O) groups excluding carboxylic acids is 1. The molecular weight excluding hydrogens is 366 g/mol. The number of benzene rings is 1. The molecule has 138 valence electrons. The number of carbonyl (C=O) groups is 1. The standard InChI is InChI=1S/C15H10F2N6O4/c16-9-4-3-8(6-10(9)17)20-13-12(23(25)26)14(19-7-18-13)21-22-15(24)11-2-1-5-27-11/h1-7H,(H,22,24)(H2,18,19,20,21). The van der Waals surface area contributed by atoms with Crippen LogP contribution >= 0.6 is 0 Å². The lowest BCUT2D eigenvalue weighted by Gasteiger charge is -2.10. The van der Waals surface area contributed by atoms with Gasteiger partial charge in [0.05, 0.1) is 11.2 Å². The van der Waals surface area contributed by atoms with Gasteiger partial charge in [-0.2, -0.15) is 0 Å². The van der Waals surface area contributed by atoms with Crippen molar-refractivity contribution >= 4 is 28.9 Å². The van der Waals surface area contributed by atoms with E-state index >= 15 is 0 Å². The Kier molecular flexibility index (Phi) is 4.88. The number of furan rings is 1. The molecule has 3 aromatic rings. The molecule has 0 saturated carbocycles. The minimum absolute atomic E-state index is 0.0284. The number of aromatic nitrogens is 2. The zero-order valence-electron chi connectivity index (χ0n) is 13.3. The third-order valence-electron chi connectivity index (χ3n) is 3.23. The second kappa shape index (κ2) is 7.43. The zero-order chi connectivity index (χ0) is 19.4. The number of hydrogen-bond acceptors (Lipinski definition) is 8. The van der Waals surface area contributed by atoms with Crippen molar-refractivity contribution in [2.45, 2.75) is 0 Å². The molecule has 0 aliphatic carbocycles. The molecule has 12 heteroatoms. The molecule has 27 heavy (non-hydrogen) atoms. The number of anilines is 3. The van der Waals surface area contributed by atoms with E-state index < -0.39 is 28.2 Å². The minimum Gasteiger partial charge on any atom is -0.459 e. The van der Waals surface area contributed by atoms with Gasteiger partial charge in [-0.25, -0.2) is 18.7 Å². The van der Waals surface area contributed by atoms with Gasteiger partial charge in [-0.15, -0.1) is 0 Å². The first kappa shape index (κ1) is 17.7. The van der Waals surface area contributed by atoms with Gasteiger partial charge in [0, 0.05) is 11.8 Å². The van der Waals surface area contributed by atoms with Crippen LogP contribution in [0.1, 0.15) is 10.6 Å². The minimum atomic E-state index is -1.14. The summed E-state index contributed by atoms with van der Waals surface area (Å²) < 4.78 is 31.2. The smallest absolute Gasteiger partial charge is 0.355 e. The molecule has 0 aliphatic heterocycles. The van der Waals surface area contributed by atoms with Crippen molar-refractivity contribution in [2.75, 3.05) is 10.7 Å². The molecule has 0 unspecified atom stereocenters. The average molecular weight is 376 g/mol. The lowest BCUT2D eigenvalue weighted by atomic mass is 10.3. The molecule has 2 heterocycles. The summed E-state index contributed by atoms with van der Waals surface area (Å²) in [5, 5.41) is 13.9. The molecule has 0 aliphatic rings. The van der Waals surface area contributed by atoms with Crippen LogP contribution < -0.4 is 16.2 Å². The monoisotopic (exact) mass is 376 g/mol. The highest BCUT2D eigenvalue weighted by atomic mass is 19.2. The fourth-order valence-corrected chi connectivity index (χ4v) is 2.03. The van der Waals surface area contributed by atoms with E-state index in [1.165, 1.54) is 24.5 Å². The van der Waals surface area contributed by atoms with Crippen LogP contribution in [0, 0.1) is 21.7 Å². The van der Waals surface area contributed by atoms with Gasteiger partial charge in [-0.1, -0.05) is 0 Å². The number of nitrogens with one attached hydrogen (secondary N) is 3. The van der Waals surface area contributed by atoms with Gasteiger partial charge >= 0.3 is 11.6 Å². The maximum atomic E-state index is 13.3. The van der Waals surface area contributed by atoms with Crippen LogP contribution in [0.25, 0.3) is 0 Å². The largest absolute Gasteiger partial charge is 0.459 e. The molecule has 1 amide bonds. The van der Waals surface area contributed by atoms with Gasteiger partial charge in [0.2, 0.25) is 11.6 Å². The first-order chi connectivity index (χ1) is 13.0. The fraction of sp³-hybridized carbons (Fsp3) is 0. The summed E-state index contributed by atoms with van der Waals surface area (Å²) in [4.78, 5) is 29.9. The highest BCUT2D eigenvalue weighted by Gasteiger charge is 2.24. The number of amides is 1. The number of nitrogens with zero attached hydrogens (tertiary/aromatic N) is 3. The van der Waals surface area contributed by atoms with Crippen molar-refractivity contribution in [1.29, 1.82) is 0 Å². The Morgan fingerprint density at radius 3 is 2.59 bits per heavy atom. The Morgan fingerprint density at radius 2 is 1.93 bits per heavy atom. The van der Waals surface area contributed by atoms with Crippen molar-refractivity contribution in [3.05, 3.63) is 70.4 Å². The van der Waals surface area contributed by atoms with E-state index in [4.69, 9.17) is 4.42 Å². The van der Waals surface area contributed by atoms with Gasteiger partial charge in [0.15, 0.2) is 17.4 Å². The van der Waals surface area contributed by atoms with Crippen molar-refractivity contribution in [2.24, 2.45) is 0 Å². The van der Waals surface area contributed by atoms with Crippen LogP contribution in [0.5, 0.6) is 0 Å². The van der Waals surface area contributed by atoms with E-state index in [9.17, 15) is 23.7 Å². The van der Waals surface area contributed by atoms with Gasteiger partial charge < -0.3 is 9.73 Å². The number of hydrazine groups is 1. The molecule has 0 spiro atoms. The summed E-state index contributed by atoms with van der Waals surface area (Å²) in [6.07, 6.45) is 2.27. The summed E-state index contributed by atoms with van der Waals surface area (Å²) >= 11 is 0. The Hall–Kier alpha value is -4.09. The second-order valence-corrected chi connectivity index (χ2v) is 4.99. The molecule has 0 fully saturated rings. The quantitative estimate of drug-likeness (QED) is 0.441. The first-order valence-corrected chi connectivity index (χ1v) is 7.27. The van der Waals surface area contributed by atoms with Gasteiger partial charge in [-0.05, 0) is 24.3 Å². The number of rotatable bonds is 6. The highest BCUT2D eigenvalue weighted by molar-refractivity contribution is 5.92. The molecule has 0 radical (unpaired) electrons. The molecule has 2 aromatic heterocycles. The van der Waals surface area contributed by atoms with Crippen LogP contribution in [-0.4, -0.2) is 20.8 Å². The number of hydrogen-bond donors (Lipinski definition) is 3. The summed E-state index contributed by atoms with van der Waals surface area (Å²) in [6.45, 7) is 0. The third kappa shape index (κ3) is 3.95. The topological polar surface area (TPSA) is 135 Å². The van der Waals surface area contributed by atoms with E-state index in [0.717, 1.165) is 18.5 Å². The van der Waals surface area contributed by atoms with E-state index in [0.29, 0.717) is 0 Å². The average Bonchev–Trinajstić information content (AvgIpc) is 3.17. The normalized spacial score (nSPS) is 10.3. The molecular formula is C15H10F2N6O4. The molecule has 10 nitrogen and oxygen atoms in total. The van der Waals surface area contributed by atoms with Gasteiger partial charge in [-0.3, -0.25) is 25.8 Å². The van der Waals surface area contributed by atoms with Crippen molar-refractivity contribution < 1.29 is 22.9 Å². The van der Waals surface area contributed by atoms with Gasteiger partial charge in [0.1, 0.15) is 6.33 Å². The lowest BCUT2D eigenvalue weighted by molar-refractivity contribution is -0.383. The SMILES string of the molecule is O=C(NNc1ncnc(Nc2ccc(F)c(F)c2)c1[N+](=O)[O-])c1ccco1. The first-order valence-electron chi connectivity index (χ1n) is 7.27.